The molecular weight excluding hydrogens is 354 g/mol. The first-order chi connectivity index (χ1) is 13.7. The molecule has 0 aliphatic heterocycles. The van der Waals surface area contributed by atoms with Gasteiger partial charge in [0.15, 0.2) is 0 Å². The normalized spacial score (nSPS) is 10.6. The number of hydrogen-bond acceptors (Lipinski definition) is 6. The second-order valence-corrected chi connectivity index (χ2v) is 5.98. The molecule has 1 amide bonds. The van der Waals surface area contributed by atoms with Crippen LogP contribution in [0.2, 0.25) is 0 Å². The fraction of sp³-hybridized carbons (Fsp3) is 0.0500. The lowest BCUT2D eigenvalue weighted by Crippen LogP contribution is -2.08. The van der Waals surface area contributed by atoms with Crippen molar-refractivity contribution in [1.29, 1.82) is 0 Å². The second-order valence-electron chi connectivity index (χ2n) is 5.98. The van der Waals surface area contributed by atoms with Crippen LogP contribution in [0, 0.1) is 0 Å². The van der Waals surface area contributed by atoms with Crippen molar-refractivity contribution in [2.24, 2.45) is 0 Å². The van der Waals surface area contributed by atoms with Crippen LogP contribution in [0.3, 0.4) is 0 Å². The van der Waals surface area contributed by atoms with Gasteiger partial charge in [0.2, 0.25) is 5.91 Å². The number of nitrogens with one attached hydrogen (secondary N) is 3. The van der Waals surface area contributed by atoms with Gasteiger partial charge in [-0.2, -0.15) is 0 Å². The van der Waals surface area contributed by atoms with E-state index < -0.39 is 0 Å². The number of aromatic nitrogens is 5. The predicted octanol–water partition coefficient (Wildman–Crippen LogP) is 3.25. The number of pyridine rings is 2. The highest BCUT2D eigenvalue weighted by molar-refractivity contribution is 5.99. The third kappa shape index (κ3) is 3.30. The molecule has 0 saturated heterocycles. The lowest BCUT2D eigenvalue weighted by Gasteiger charge is -2.06. The summed E-state index contributed by atoms with van der Waals surface area (Å²) < 4.78 is 0. The van der Waals surface area contributed by atoms with E-state index in [-0.39, 0.29) is 5.91 Å². The van der Waals surface area contributed by atoms with Crippen LogP contribution in [0.1, 0.15) is 0 Å². The molecular formula is C20H17N7O. The molecule has 0 fully saturated rings. The Labute approximate surface area is 160 Å². The summed E-state index contributed by atoms with van der Waals surface area (Å²) in [5, 5.41) is 6.62. The van der Waals surface area contributed by atoms with Crippen molar-refractivity contribution in [1.82, 2.24) is 24.9 Å². The van der Waals surface area contributed by atoms with Gasteiger partial charge < -0.3 is 15.6 Å². The molecule has 4 aromatic heterocycles. The van der Waals surface area contributed by atoms with Gasteiger partial charge in [0, 0.05) is 48.2 Å². The highest BCUT2D eigenvalue weighted by Gasteiger charge is 2.11. The van der Waals surface area contributed by atoms with Crippen molar-refractivity contribution in [3.63, 3.8) is 0 Å². The summed E-state index contributed by atoms with van der Waals surface area (Å²) in [7, 11) is 1.81. The lowest BCUT2D eigenvalue weighted by molar-refractivity contribution is -0.111. The zero-order valence-corrected chi connectivity index (χ0v) is 15.1. The van der Waals surface area contributed by atoms with Crippen LogP contribution in [0.25, 0.3) is 33.4 Å². The largest absolute Gasteiger partial charge is 0.373 e. The van der Waals surface area contributed by atoms with Crippen LogP contribution in [0.5, 0.6) is 0 Å². The summed E-state index contributed by atoms with van der Waals surface area (Å²) in [6.45, 7) is 3.45. The Bertz CT molecular complexity index is 1180. The molecule has 4 aromatic rings. The van der Waals surface area contributed by atoms with Gasteiger partial charge in [-0.25, -0.2) is 19.9 Å². The first kappa shape index (κ1) is 17.3. The Morgan fingerprint density at radius 3 is 2.82 bits per heavy atom. The fourth-order valence-electron chi connectivity index (χ4n) is 2.87. The third-order valence-electron chi connectivity index (χ3n) is 4.26. The number of H-pyrrole nitrogens is 1. The van der Waals surface area contributed by atoms with Crippen LogP contribution >= 0.6 is 0 Å². The number of amides is 1. The Kier molecular flexibility index (Phi) is 4.51. The molecule has 0 radical (unpaired) electrons. The van der Waals surface area contributed by atoms with E-state index in [1.165, 1.54) is 12.4 Å². The molecule has 4 heterocycles. The average molecular weight is 371 g/mol. The summed E-state index contributed by atoms with van der Waals surface area (Å²) in [6.07, 6.45) is 8.02. The van der Waals surface area contributed by atoms with Crippen molar-refractivity contribution in [3.8, 4) is 22.4 Å². The summed E-state index contributed by atoms with van der Waals surface area (Å²) in [6, 6.07) is 7.57. The molecule has 0 aromatic carbocycles. The molecule has 4 rings (SSSR count). The van der Waals surface area contributed by atoms with Crippen LogP contribution in [0.4, 0.5) is 11.6 Å². The molecule has 0 atom stereocenters. The fourth-order valence-corrected chi connectivity index (χ4v) is 2.87. The summed E-state index contributed by atoms with van der Waals surface area (Å²) in [5.74, 6) is 0.877. The Balaban J connectivity index is 1.77. The molecule has 0 spiro atoms. The Morgan fingerprint density at radius 1 is 1.11 bits per heavy atom. The first-order valence-corrected chi connectivity index (χ1v) is 8.55. The molecule has 0 saturated carbocycles. The van der Waals surface area contributed by atoms with Crippen LogP contribution in [-0.4, -0.2) is 37.9 Å². The summed E-state index contributed by atoms with van der Waals surface area (Å²) >= 11 is 0. The summed E-state index contributed by atoms with van der Waals surface area (Å²) in [4.78, 5) is 31.9. The Hall–Kier alpha value is -4.07. The van der Waals surface area contributed by atoms with E-state index >= 15 is 0 Å². The van der Waals surface area contributed by atoms with Gasteiger partial charge in [-0.3, -0.25) is 4.79 Å². The van der Waals surface area contributed by atoms with Gasteiger partial charge in [-0.15, -0.1) is 0 Å². The van der Waals surface area contributed by atoms with E-state index in [1.54, 1.807) is 18.5 Å². The Morgan fingerprint density at radius 2 is 2.00 bits per heavy atom. The molecule has 0 aliphatic carbocycles. The van der Waals surface area contributed by atoms with Crippen molar-refractivity contribution >= 4 is 28.6 Å². The maximum atomic E-state index is 11.5. The summed E-state index contributed by atoms with van der Waals surface area (Å²) in [5.41, 5.74) is 4.26. The van der Waals surface area contributed by atoms with Crippen molar-refractivity contribution < 1.29 is 4.79 Å². The minimum absolute atomic E-state index is 0.310. The molecule has 3 N–H and O–H groups in total. The molecule has 8 heteroatoms. The highest BCUT2D eigenvalue weighted by Crippen LogP contribution is 2.31. The van der Waals surface area contributed by atoms with Gasteiger partial charge in [-0.05, 0) is 29.8 Å². The monoisotopic (exact) mass is 371 g/mol. The number of rotatable bonds is 5. The van der Waals surface area contributed by atoms with Crippen LogP contribution < -0.4 is 10.6 Å². The zero-order chi connectivity index (χ0) is 19.5. The number of nitrogens with zero attached hydrogens (tertiary/aromatic N) is 4. The number of anilines is 2. The SMILES string of the molecule is C=CC(=O)Nc1cc(-c2cnc3[nH]cc(-c4cc(NC)ncn4)c3c2)ccn1. The van der Waals surface area contributed by atoms with Gasteiger partial charge in [0.25, 0.3) is 0 Å². The third-order valence-corrected chi connectivity index (χ3v) is 4.26. The van der Waals surface area contributed by atoms with Gasteiger partial charge in [0.1, 0.15) is 23.6 Å². The quantitative estimate of drug-likeness (QED) is 0.465. The number of carbonyl (C=O) groups is 1. The maximum Gasteiger partial charge on any atom is 0.248 e. The van der Waals surface area contributed by atoms with Gasteiger partial charge >= 0.3 is 0 Å². The number of hydrogen-bond donors (Lipinski definition) is 3. The van der Waals surface area contributed by atoms with E-state index in [9.17, 15) is 4.79 Å². The maximum absolute atomic E-state index is 11.5. The van der Waals surface area contributed by atoms with Crippen molar-refractivity contribution in [3.05, 3.63) is 61.8 Å². The minimum Gasteiger partial charge on any atom is -0.373 e. The first-order valence-electron chi connectivity index (χ1n) is 8.55. The van der Waals surface area contributed by atoms with Crippen LogP contribution in [0.15, 0.2) is 61.8 Å². The lowest BCUT2D eigenvalue weighted by atomic mass is 10.1. The zero-order valence-electron chi connectivity index (χ0n) is 15.1. The van der Waals surface area contributed by atoms with E-state index in [2.05, 4.69) is 42.1 Å². The van der Waals surface area contributed by atoms with Crippen molar-refractivity contribution in [2.75, 3.05) is 17.7 Å². The van der Waals surface area contributed by atoms with Gasteiger partial charge in [-0.1, -0.05) is 6.58 Å². The predicted molar refractivity (Wildman–Crippen MR) is 109 cm³/mol. The topological polar surface area (TPSA) is 108 Å². The molecule has 28 heavy (non-hydrogen) atoms. The van der Waals surface area contributed by atoms with E-state index in [0.29, 0.717) is 5.82 Å². The molecule has 138 valence electrons. The van der Waals surface area contributed by atoms with Crippen molar-refractivity contribution in [2.45, 2.75) is 0 Å². The molecule has 0 aliphatic rings. The van der Waals surface area contributed by atoms with E-state index in [4.69, 9.17) is 0 Å². The average Bonchev–Trinajstić information content (AvgIpc) is 3.17. The minimum atomic E-state index is -0.310. The van der Waals surface area contributed by atoms with E-state index in [1.807, 2.05) is 31.4 Å². The molecule has 0 bridgehead atoms. The highest BCUT2D eigenvalue weighted by atomic mass is 16.1. The number of fused-ring (bicyclic) bond motifs is 1. The standard InChI is InChI=1S/C20H17N7O/c1-3-19(28)27-18-7-12(4-5-22-18)13-6-14-15(10-24-20(14)23-9-13)16-8-17(21-2)26-11-25-16/h3-11H,1H2,2H3,(H,23,24)(H,21,25,26)(H,22,27,28). The van der Waals surface area contributed by atoms with Crippen LogP contribution in [-0.2, 0) is 4.79 Å². The van der Waals surface area contributed by atoms with Gasteiger partial charge in [0.05, 0.1) is 5.69 Å². The number of aromatic amines is 1. The smallest absolute Gasteiger partial charge is 0.248 e. The number of carbonyl (C=O) groups excluding carboxylic acids is 1. The second kappa shape index (κ2) is 7.28. The van der Waals surface area contributed by atoms with E-state index in [0.717, 1.165) is 39.2 Å². The molecule has 8 nitrogen and oxygen atoms in total. The molecule has 0 unspecified atom stereocenters.